The Morgan fingerprint density at radius 2 is 1.73 bits per heavy atom. The Morgan fingerprint density at radius 1 is 1.09 bits per heavy atom. The van der Waals surface area contributed by atoms with Crippen LogP contribution in [-0.2, 0) is 19.5 Å². The third kappa shape index (κ3) is 4.97. The molecule has 5 nitrogen and oxygen atoms in total. The maximum atomic E-state index is 12.4. The van der Waals surface area contributed by atoms with E-state index >= 15 is 0 Å². The van der Waals surface area contributed by atoms with Crippen LogP contribution in [0, 0.1) is 0 Å². The second kappa shape index (κ2) is 8.50. The lowest BCUT2D eigenvalue weighted by atomic mass is 10.0. The highest BCUT2D eigenvalue weighted by atomic mass is 32.2. The Morgan fingerprint density at radius 3 is 2.27 bits per heavy atom. The summed E-state index contributed by atoms with van der Waals surface area (Å²) in [5.41, 5.74) is 0.730. The summed E-state index contributed by atoms with van der Waals surface area (Å²) in [6.07, 6.45) is 0.766. The van der Waals surface area contributed by atoms with Gasteiger partial charge in [0.25, 0.3) is 0 Å². The van der Waals surface area contributed by atoms with Crippen molar-refractivity contribution >= 4 is 10.0 Å². The van der Waals surface area contributed by atoms with Crippen molar-refractivity contribution in [1.29, 1.82) is 0 Å². The van der Waals surface area contributed by atoms with Crippen LogP contribution in [0.1, 0.15) is 39.7 Å². The average molecular weight is 329 g/mol. The maximum Gasteiger partial charge on any atom is 0.221 e. The molecule has 0 fully saturated rings. The van der Waals surface area contributed by atoms with Crippen LogP contribution in [-0.4, -0.2) is 34.8 Å². The van der Waals surface area contributed by atoms with Gasteiger partial charge in [-0.25, -0.2) is 13.1 Å². The van der Waals surface area contributed by atoms with Crippen LogP contribution in [0.3, 0.4) is 0 Å². The quantitative estimate of drug-likeness (QED) is 0.670. The van der Waals surface area contributed by atoms with E-state index in [-0.39, 0.29) is 0 Å². The number of rotatable bonds is 10. The Labute approximate surface area is 134 Å². The SMILES string of the molecule is CCCNS(=O)(=O)C(C)(C)c1ccc(OCCOCC)cc1. The molecular weight excluding hydrogens is 302 g/mol. The molecule has 1 aromatic carbocycles. The molecule has 0 saturated heterocycles. The van der Waals surface area contributed by atoms with Crippen molar-refractivity contribution in [1.82, 2.24) is 4.72 Å². The van der Waals surface area contributed by atoms with Crippen LogP contribution >= 0.6 is 0 Å². The van der Waals surface area contributed by atoms with E-state index in [9.17, 15) is 8.42 Å². The fourth-order valence-corrected chi connectivity index (χ4v) is 3.17. The number of ether oxygens (including phenoxy) is 2. The smallest absolute Gasteiger partial charge is 0.221 e. The minimum Gasteiger partial charge on any atom is -0.491 e. The van der Waals surface area contributed by atoms with E-state index < -0.39 is 14.8 Å². The zero-order valence-corrected chi connectivity index (χ0v) is 14.7. The summed E-state index contributed by atoms with van der Waals surface area (Å²) < 4.78 is 37.1. The first kappa shape index (κ1) is 18.9. The maximum absolute atomic E-state index is 12.4. The number of sulfonamides is 1. The highest BCUT2D eigenvalue weighted by Gasteiger charge is 2.35. The number of hydrogen-bond acceptors (Lipinski definition) is 4. The van der Waals surface area contributed by atoms with Gasteiger partial charge in [0.15, 0.2) is 0 Å². The van der Waals surface area contributed by atoms with E-state index in [0.717, 1.165) is 12.0 Å². The van der Waals surface area contributed by atoms with E-state index in [4.69, 9.17) is 9.47 Å². The molecule has 0 heterocycles. The standard InChI is InChI=1S/C16H27NO4S/c1-5-11-17-22(18,19)16(3,4)14-7-9-15(10-8-14)21-13-12-20-6-2/h7-10,17H,5-6,11-13H2,1-4H3. The molecule has 1 aromatic rings. The van der Waals surface area contributed by atoms with Gasteiger partial charge in [-0.15, -0.1) is 0 Å². The van der Waals surface area contributed by atoms with E-state index in [0.29, 0.717) is 32.1 Å². The summed E-state index contributed by atoms with van der Waals surface area (Å²) >= 11 is 0. The van der Waals surface area contributed by atoms with Gasteiger partial charge in [-0.05, 0) is 44.9 Å². The summed E-state index contributed by atoms with van der Waals surface area (Å²) in [5.74, 6) is 0.707. The molecular formula is C16H27NO4S. The van der Waals surface area contributed by atoms with Gasteiger partial charge in [-0.1, -0.05) is 19.1 Å². The summed E-state index contributed by atoms with van der Waals surface area (Å²) in [4.78, 5) is 0. The normalized spacial score (nSPS) is 12.4. The molecule has 0 spiro atoms. The van der Waals surface area contributed by atoms with Gasteiger partial charge in [0.1, 0.15) is 17.1 Å². The largest absolute Gasteiger partial charge is 0.491 e. The molecule has 0 radical (unpaired) electrons. The zero-order valence-electron chi connectivity index (χ0n) is 13.9. The Hall–Kier alpha value is -1.11. The van der Waals surface area contributed by atoms with Crippen LogP contribution in [0.2, 0.25) is 0 Å². The van der Waals surface area contributed by atoms with Crippen LogP contribution in [0.5, 0.6) is 5.75 Å². The van der Waals surface area contributed by atoms with Gasteiger partial charge in [-0.2, -0.15) is 0 Å². The first-order valence-electron chi connectivity index (χ1n) is 7.65. The van der Waals surface area contributed by atoms with Crippen molar-refractivity contribution in [3.63, 3.8) is 0 Å². The molecule has 6 heteroatoms. The first-order valence-corrected chi connectivity index (χ1v) is 9.13. The summed E-state index contributed by atoms with van der Waals surface area (Å²) in [6.45, 7) is 9.41. The van der Waals surface area contributed by atoms with Crippen molar-refractivity contribution in [2.24, 2.45) is 0 Å². The molecule has 0 saturated carbocycles. The Bertz CT molecular complexity index is 538. The molecule has 0 aliphatic rings. The van der Waals surface area contributed by atoms with E-state index in [2.05, 4.69) is 4.72 Å². The lowest BCUT2D eigenvalue weighted by molar-refractivity contribution is 0.110. The number of hydrogen-bond donors (Lipinski definition) is 1. The van der Waals surface area contributed by atoms with Crippen LogP contribution in [0.15, 0.2) is 24.3 Å². The third-order valence-electron chi connectivity index (χ3n) is 3.46. The van der Waals surface area contributed by atoms with Gasteiger partial charge in [0.2, 0.25) is 10.0 Å². The monoisotopic (exact) mass is 329 g/mol. The lowest BCUT2D eigenvalue weighted by Gasteiger charge is -2.25. The topological polar surface area (TPSA) is 64.6 Å². The van der Waals surface area contributed by atoms with Gasteiger partial charge < -0.3 is 9.47 Å². The predicted molar refractivity (Wildman–Crippen MR) is 88.7 cm³/mol. The fraction of sp³-hybridized carbons (Fsp3) is 0.625. The summed E-state index contributed by atoms with van der Waals surface area (Å²) in [7, 11) is -3.42. The van der Waals surface area contributed by atoms with Gasteiger partial charge in [0.05, 0.1) is 6.61 Å². The van der Waals surface area contributed by atoms with E-state index in [1.807, 2.05) is 13.8 Å². The molecule has 0 aliphatic carbocycles. The number of nitrogens with one attached hydrogen (secondary N) is 1. The minimum absolute atomic E-state index is 0.449. The van der Waals surface area contributed by atoms with E-state index in [1.165, 1.54) is 0 Å². The summed E-state index contributed by atoms with van der Waals surface area (Å²) in [5, 5.41) is 0. The molecule has 1 rings (SSSR count). The molecule has 0 amide bonds. The molecule has 22 heavy (non-hydrogen) atoms. The third-order valence-corrected chi connectivity index (χ3v) is 5.63. The molecule has 126 valence electrons. The Kier molecular flexibility index (Phi) is 7.32. The first-order chi connectivity index (χ1) is 10.3. The van der Waals surface area contributed by atoms with Crippen LogP contribution in [0.25, 0.3) is 0 Å². The highest BCUT2D eigenvalue weighted by molar-refractivity contribution is 7.90. The van der Waals surface area contributed by atoms with Crippen molar-refractivity contribution in [3.05, 3.63) is 29.8 Å². The molecule has 0 atom stereocenters. The second-order valence-corrected chi connectivity index (χ2v) is 7.79. The second-order valence-electron chi connectivity index (χ2n) is 5.48. The highest BCUT2D eigenvalue weighted by Crippen LogP contribution is 2.30. The fourth-order valence-electron chi connectivity index (χ4n) is 1.89. The predicted octanol–water partition coefficient (Wildman–Crippen LogP) is 2.67. The van der Waals surface area contributed by atoms with Gasteiger partial charge >= 0.3 is 0 Å². The van der Waals surface area contributed by atoms with Gasteiger partial charge in [0, 0.05) is 13.2 Å². The zero-order chi connectivity index (χ0) is 16.6. The van der Waals surface area contributed by atoms with Crippen molar-refractivity contribution in [3.8, 4) is 5.75 Å². The van der Waals surface area contributed by atoms with Gasteiger partial charge in [-0.3, -0.25) is 0 Å². The molecule has 0 aliphatic heterocycles. The van der Waals surface area contributed by atoms with Crippen LogP contribution in [0.4, 0.5) is 0 Å². The molecule has 0 unspecified atom stereocenters. The summed E-state index contributed by atoms with van der Waals surface area (Å²) in [6, 6.07) is 7.17. The number of benzene rings is 1. The minimum atomic E-state index is -3.42. The lowest BCUT2D eigenvalue weighted by Crippen LogP contribution is -2.39. The van der Waals surface area contributed by atoms with Crippen molar-refractivity contribution in [2.45, 2.75) is 38.9 Å². The van der Waals surface area contributed by atoms with Crippen LogP contribution < -0.4 is 9.46 Å². The van der Waals surface area contributed by atoms with Crippen molar-refractivity contribution in [2.75, 3.05) is 26.4 Å². The molecule has 0 aromatic heterocycles. The molecule has 1 N–H and O–H groups in total. The molecule has 0 bridgehead atoms. The van der Waals surface area contributed by atoms with Crippen molar-refractivity contribution < 1.29 is 17.9 Å². The average Bonchev–Trinajstić information content (AvgIpc) is 2.50. The Balaban J connectivity index is 2.75. The van der Waals surface area contributed by atoms with E-state index in [1.54, 1.807) is 38.1 Å².